The van der Waals surface area contributed by atoms with Crippen LogP contribution < -0.4 is 4.90 Å². The molecule has 0 aromatic heterocycles. The number of hydrogen-bond donors (Lipinski definition) is 0. The minimum absolute atomic E-state index is 0.0246. The summed E-state index contributed by atoms with van der Waals surface area (Å²) in [7, 11) is 1.44. The van der Waals surface area contributed by atoms with Gasteiger partial charge < -0.3 is 14.4 Å². The monoisotopic (exact) mass is 438 g/mol. The number of carbonyl (C=O) groups is 3. The van der Waals surface area contributed by atoms with Gasteiger partial charge in [-0.3, -0.25) is 19.3 Å². The minimum atomic E-state index is -0.644. The Morgan fingerprint density at radius 2 is 1.84 bits per heavy atom. The number of anilines is 1. The lowest BCUT2D eigenvalue weighted by atomic mass is 9.38. The molecular formula is C25H30N2O5. The molecule has 0 N–H and O–H groups in total. The molecule has 6 aliphatic rings. The van der Waals surface area contributed by atoms with Crippen LogP contribution in [-0.4, -0.2) is 60.6 Å². The van der Waals surface area contributed by atoms with Crippen molar-refractivity contribution in [3.05, 3.63) is 29.8 Å². The van der Waals surface area contributed by atoms with Gasteiger partial charge >= 0.3 is 11.9 Å². The van der Waals surface area contributed by atoms with Crippen LogP contribution in [0.4, 0.5) is 5.69 Å². The van der Waals surface area contributed by atoms with E-state index in [1.54, 1.807) is 6.92 Å². The van der Waals surface area contributed by atoms with Crippen molar-refractivity contribution in [2.45, 2.75) is 69.1 Å². The Kier molecular flexibility index (Phi) is 4.00. The van der Waals surface area contributed by atoms with Gasteiger partial charge in [-0.2, -0.15) is 0 Å². The molecule has 3 aliphatic carbocycles. The molecule has 7 rings (SSSR count). The zero-order chi connectivity index (χ0) is 22.5. The maximum absolute atomic E-state index is 13.4. The third-order valence-corrected chi connectivity index (χ3v) is 9.53. The average Bonchev–Trinajstić information content (AvgIpc) is 3.30. The topological polar surface area (TPSA) is 76.2 Å². The molecule has 3 saturated carbocycles. The molecule has 0 unspecified atom stereocenters. The van der Waals surface area contributed by atoms with Crippen LogP contribution in [0.3, 0.4) is 0 Å². The number of methoxy groups -OCH3 is 1. The summed E-state index contributed by atoms with van der Waals surface area (Å²) in [5.74, 6) is -1.00. The summed E-state index contributed by atoms with van der Waals surface area (Å²) in [5, 5.41) is 0. The van der Waals surface area contributed by atoms with E-state index in [1.807, 2.05) is 23.1 Å². The third kappa shape index (κ3) is 2.01. The van der Waals surface area contributed by atoms with Crippen molar-refractivity contribution in [3.63, 3.8) is 0 Å². The number of fused-ring (bicyclic) bond motifs is 3. The first kappa shape index (κ1) is 20.2. The fraction of sp³-hybridized carbons (Fsp3) is 0.640. The van der Waals surface area contributed by atoms with Gasteiger partial charge in [0.05, 0.1) is 18.6 Å². The number of piperidine rings is 1. The van der Waals surface area contributed by atoms with E-state index in [2.05, 4.69) is 11.0 Å². The van der Waals surface area contributed by atoms with Gasteiger partial charge in [-0.1, -0.05) is 18.2 Å². The fourth-order valence-corrected chi connectivity index (χ4v) is 9.01. The molecule has 3 aliphatic heterocycles. The molecule has 6 atom stereocenters. The Morgan fingerprint density at radius 1 is 1.06 bits per heavy atom. The summed E-state index contributed by atoms with van der Waals surface area (Å²) in [6, 6.07) is 8.34. The van der Waals surface area contributed by atoms with E-state index < -0.39 is 11.5 Å². The first-order chi connectivity index (χ1) is 15.3. The molecular weight excluding hydrogens is 408 g/mol. The summed E-state index contributed by atoms with van der Waals surface area (Å²) in [5.41, 5.74) is 0.770. The van der Waals surface area contributed by atoms with Gasteiger partial charge in [0.1, 0.15) is 6.10 Å². The number of carbonyl (C=O) groups excluding carboxylic acids is 3. The van der Waals surface area contributed by atoms with E-state index >= 15 is 0 Å². The highest BCUT2D eigenvalue weighted by Gasteiger charge is 2.83. The first-order valence-electron chi connectivity index (χ1n) is 11.7. The van der Waals surface area contributed by atoms with E-state index in [4.69, 9.17) is 9.47 Å². The third-order valence-electron chi connectivity index (χ3n) is 9.53. The Labute approximate surface area is 188 Å². The lowest BCUT2D eigenvalue weighted by Gasteiger charge is -2.71. The van der Waals surface area contributed by atoms with Gasteiger partial charge in [-0.25, -0.2) is 0 Å². The van der Waals surface area contributed by atoms with Crippen molar-refractivity contribution < 1.29 is 23.9 Å². The molecule has 2 saturated heterocycles. The van der Waals surface area contributed by atoms with E-state index in [0.29, 0.717) is 12.8 Å². The Bertz CT molecular complexity index is 1040. The first-order valence-corrected chi connectivity index (χ1v) is 11.7. The van der Waals surface area contributed by atoms with Crippen molar-refractivity contribution in [2.24, 2.45) is 11.3 Å². The van der Waals surface area contributed by atoms with Gasteiger partial charge in [-0.05, 0) is 50.3 Å². The molecule has 3 spiro atoms. The van der Waals surface area contributed by atoms with Crippen LogP contribution >= 0.6 is 0 Å². The molecule has 1 amide bonds. The molecule has 170 valence electrons. The van der Waals surface area contributed by atoms with Crippen molar-refractivity contribution in [3.8, 4) is 0 Å². The maximum Gasteiger partial charge on any atom is 0.311 e. The highest BCUT2D eigenvalue weighted by molar-refractivity contribution is 5.99. The van der Waals surface area contributed by atoms with E-state index in [0.717, 1.165) is 38.0 Å². The second-order valence-corrected chi connectivity index (χ2v) is 10.4. The number of hydrogen-bond acceptors (Lipinski definition) is 6. The second kappa shape index (κ2) is 6.34. The SMILES string of the molecule is COC(=O)[C@@H]1C[C@]23CC[C@@]14N(C(C)=O)c1ccccc1[C@@]41CCN(CC[C@H]2OC(C)=O)[C@@H]31. The van der Waals surface area contributed by atoms with Crippen molar-refractivity contribution in [1.82, 2.24) is 4.90 Å². The molecule has 7 heteroatoms. The van der Waals surface area contributed by atoms with Gasteiger partial charge in [0, 0.05) is 43.0 Å². The lowest BCUT2D eigenvalue weighted by Crippen LogP contribution is -2.81. The minimum Gasteiger partial charge on any atom is -0.469 e. The molecule has 32 heavy (non-hydrogen) atoms. The number of rotatable bonds is 2. The fourth-order valence-electron chi connectivity index (χ4n) is 9.01. The molecule has 0 radical (unpaired) electrons. The van der Waals surface area contributed by atoms with Gasteiger partial charge in [-0.15, -0.1) is 0 Å². The van der Waals surface area contributed by atoms with Crippen molar-refractivity contribution in [2.75, 3.05) is 25.1 Å². The van der Waals surface area contributed by atoms with Crippen LogP contribution in [-0.2, 0) is 29.3 Å². The zero-order valence-electron chi connectivity index (χ0n) is 18.9. The molecule has 1 aromatic carbocycles. The molecule has 2 bridgehead atoms. The van der Waals surface area contributed by atoms with E-state index in [9.17, 15) is 14.4 Å². The number of benzene rings is 1. The van der Waals surface area contributed by atoms with Gasteiger partial charge in [0.25, 0.3) is 0 Å². The zero-order valence-corrected chi connectivity index (χ0v) is 18.9. The second-order valence-electron chi connectivity index (χ2n) is 10.4. The van der Waals surface area contributed by atoms with E-state index in [-0.39, 0.29) is 40.8 Å². The van der Waals surface area contributed by atoms with Crippen LogP contribution in [0.1, 0.15) is 51.5 Å². The number of esters is 2. The van der Waals surface area contributed by atoms with Gasteiger partial charge in [0.15, 0.2) is 0 Å². The van der Waals surface area contributed by atoms with Crippen LogP contribution in [0, 0.1) is 11.3 Å². The predicted octanol–water partition coefficient (Wildman–Crippen LogP) is 2.41. The summed E-state index contributed by atoms with van der Waals surface area (Å²) >= 11 is 0. The average molecular weight is 439 g/mol. The quantitative estimate of drug-likeness (QED) is 0.660. The highest BCUT2D eigenvalue weighted by Crippen LogP contribution is 2.76. The van der Waals surface area contributed by atoms with Gasteiger partial charge in [0.2, 0.25) is 5.91 Å². The van der Waals surface area contributed by atoms with Crippen molar-refractivity contribution in [1.29, 1.82) is 0 Å². The van der Waals surface area contributed by atoms with E-state index in [1.165, 1.54) is 19.6 Å². The molecule has 3 heterocycles. The summed E-state index contributed by atoms with van der Waals surface area (Å²) in [6.07, 6.45) is 3.58. The summed E-state index contributed by atoms with van der Waals surface area (Å²) in [6.45, 7) is 4.89. The maximum atomic E-state index is 13.4. The normalized spacial score (nSPS) is 41.0. The van der Waals surface area contributed by atoms with Crippen LogP contribution in [0.25, 0.3) is 0 Å². The van der Waals surface area contributed by atoms with Crippen LogP contribution in [0.5, 0.6) is 0 Å². The number of amides is 1. The largest absolute Gasteiger partial charge is 0.469 e. The van der Waals surface area contributed by atoms with Crippen LogP contribution in [0.2, 0.25) is 0 Å². The summed E-state index contributed by atoms with van der Waals surface area (Å²) < 4.78 is 11.3. The number of ether oxygens (including phenoxy) is 2. The van der Waals surface area contributed by atoms with Crippen molar-refractivity contribution >= 4 is 23.5 Å². The number of nitrogens with zero attached hydrogens (tertiary/aromatic N) is 2. The highest BCUT2D eigenvalue weighted by atomic mass is 16.5. The summed E-state index contributed by atoms with van der Waals surface area (Å²) in [4.78, 5) is 43.2. The molecule has 1 aromatic rings. The smallest absolute Gasteiger partial charge is 0.311 e. The molecule has 7 nitrogen and oxygen atoms in total. The Hall–Kier alpha value is -2.41. The molecule has 5 fully saturated rings. The standard InChI is InChI=1S/C25H30N2O5/c1-15(28)27-19-7-5-4-6-17(19)24-11-13-26-12-8-20(32-16(2)29)23(22(24)26)9-10-25(24,27)18(14-23)21(30)31-3/h4-7,18,20,22H,8-14H2,1-3H3/t18-,20+,22-,23+,24+,25+/m0/s1. The van der Waals surface area contributed by atoms with Crippen LogP contribution in [0.15, 0.2) is 24.3 Å². The predicted molar refractivity (Wildman–Crippen MR) is 116 cm³/mol. The lowest BCUT2D eigenvalue weighted by molar-refractivity contribution is -0.211. The Morgan fingerprint density at radius 3 is 2.56 bits per heavy atom. The number of para-hydroxylation sites is 1. The Balaban J connectivity index is 1.66.